The molecule has 1 aromatic rings. The molecular weight excluding hydrogens is 330 g/mol. The Morgan fingerprint density at radius 1 is 1.37 bits per heavy atom. The number of methoxy groups -OCH3 is 1. The van der Waals surface area contributed by atoms with Crippen LogP contribution < -0.4 is 4.74 Å². The summed E-state index contributed by atoms with van der Waals surface area (Å²) in [5, 5.41) is 0. The summed E-state index contributed by atoms with van der Waals surface area (Å²) in [5.41, 5.74) is 0.0524. The molecule has 1 aliphatic heterocycles. The average molecular weight is 348 g/mol. The summed E-state index contributed by atoms with van der Waals surface area (Å²) in [7, 11) is -1.86. The highest BCUT2D eigenvalue weighted by molar-refractivity contribution is 9.10. The van der Waals surface area contributed by atoms with Gasteiger partial charge in [-0.1, -0.05) is 13.8 Å². The van der Waals surface area contributed by atoms with E-state index in [-0.39, 0.29) is 5.41 Å². The van der Waals surface area contributed by atoms with Crippen molar-refractivity contribution in [2.24, 2.45) is 5.41 Å². The highest BCUT2D eigenvalue weighted by Crippen LogP contribution is 2.34. The highest BCUT2D eigenvalue weighted by atomic mass is 79.9. The van der Waals surface area contributed by atoms with Gasteiger partial charge < -0.3 is 4.74 Å². The van der Waals surface area contributed by atoms with E-state index in [9.17, 15) is 8.42 Å². The van der Waals surface area contributed by atoms with Gasteiger partial charge in [0.1, 0.15) is 5.75 Å². The summed E-state index contributed by atoms with van der Waals surface area (Å²) in [6, 6.07) is 4.85. The Labute approximate surface area is 122 Å². The van der Waals surface area contributed by atoms with Gasteiger partial charge in [-0.2, -0.15) is 4.31 Å². The van der Waals surface area contributed by atoms with Crippen molar-refractivity contribution in [3.05, 3.63) is 22.7 Å². The van der Waals surface area contributed by atoms with Crippen LogP contribution in [0.4, 0.5) is 0 Å². The van der Waals surface area contributed by atoms with E-state index in [1.54, 1.807) is 29.6 Å². The molecule has 0 aromatic heterocycles. The van der Waals surface area contributed by atoms with Crippen molar-refractivity contribution in [1.29, 1.82) is 0 Å². The Morgan fingerprint density at radius 3 is 2.53 bits per heavy atom. The molecule has 0 aliphatic carbocycles. The van der Waals surface area contributed by atoms with Crippen LogP contribution in [0.1, 0.15) is 20.3 Å². The first kappa shape index (κ1) is 14.8. The molecular formula is C13H18BrNO3S. The topological polar surface area (TPSA) is 46.6 Å². The lowest BCUT2D eigenvalue weighted by atomic mass is 9.93. The molecule has 0 spiro atoms. The Kier molecular flexibility index (Phi) is 3.95. The Hall–Kier alpha value is -0.590. The maximum absolute atomic E-state index is 12.5. The quantitative estimate of drug-likeness (QED) is 0.844. The average Bonchev–Trinajstić information content (AvgIpc) is 2.70. The van der Waals surface area contributed by atoms with E-state index in [0.29, 0.717) is 28.2 Å². The van der Waals surface area contributed by atoms with Crippen LogP contribution >= 0.6 is 15.9 Å². The molecule has 1 saturated heterocycles. The van der Waals surface area contributed by atoms with Crippen LogP contribution in [0.5, 0.6) is 5.75 Å². The van der Waals surface area contributed by atoms with E-state index in [1.165, 1.54) is 0 Å². The molecule has 1 fully saturated rings. The first-order valence-corrected chi connectivity index (χ1v) is 8.33. The summed E-state index contributed by atoms with van der Waals surface area (Å²) in [4.78, 5) is 0.304. The Balaban J connectivity index is 2.33. The van der Waals surface area contributed by atoms with Gasteiger partial charge in [-0.15, -0.1) is 0 Å². The molecule has 0 unspecified atom stereocenters. The van der Waals surface area contributed by atoms with E-state index in [1.807, 2.05) is 0 Å². The second kappa shape index (κ2) is 5.07. The smallest absolute Gasteiger partial charge is 0.243 e. The van der Waals surface area contributed by atoms with Crippen molar-refractivity contribution in [3.63, 3.8) is 0 Å². The lowest BCUT2D eigenvalue weighted by Crippen LogP contribution is -2.30. The summed E-state index contributed by atoms with van der Waals surface area (Å²) in [6.07, 6.45) is 0.892. The monoisotopic (exact) mass is 347 g/mol. The summed E-state index contributed by atoms with van der Waals surface area (Å²) < 4.78 is 32.4. The van der Waals surface area contributed by atoms with Crippen LogP contribution in [0.3, 0.4) is 0 Å². The van der Waals surface area contributed by atoms with E-state index in [4.69, 9.17) is 4.74 Å². The van der Waals surface area contributed by atoms with Crippen LogP contribution in [0, 0.1) is 5.41 Å². The Bertz CT molecular complexity index is 584. The van der Waals surface area contributed by atoms with Crippen molar-refractivity contribution in [1.82, 2.24) is 4.31 Å². The first-order valence-electron chi connectivity index (χ1n) is 6.10. The molecule has 19 heavy (non-hydrogen) atoms. The number of rotatable bonds is 3. The van der Waals surface area contributed by atoms with Gasteiger partial charge in [-0.05, 0) is 46.0 Å². The van der Waals surface area contributed by atoms with Crippen molar-refractivity contribution >= 4 is 26.0 Å². The SMILES string of the molecule is COc1ccc(S(=O)(=O)N2CCC(C)(C)C2)cc1Br. The fraction of sp³-hybridized carbons (Fsp3) is 0.538. The number of benzene rings is 1. The maximum Gasteiger partial charge on any atom is 0.243 e. The van der Waals surface area contributed by atoms with Crippen LogP contribution in [0.15, 0.2) is 27.6 Å². The van der Waals surface area contributed by atoms with Crippen LogP contribution in [-0.2, 0) is 10.0 Å². The molecule has 4 nitrogen and oxygen atoms in total. The number of halogens is 1. The summed E-state index contributed by atoms with van der Waals surface area (Å²) in [5.74, 6) is 0.626. The van der Waals surface area contributed by atoms with Crippen molar-refractivity contribution in [3.8, 4) is 5.75 Å². The van der Waals surface area contributed by atoms with Gasteiger partial charge in [0.05, 0.1) is 16.5 Å². The fourth-order valence-electron chi connectivity index (χ4n) is 2.22. The minimum atomic E-state index is -3.41. The van der Waals surface area contributed by atoms with Gasteiger partial charge in [-0.25, -0.2) is 8.42 Å². The van der Waals surface area contributed by atoms with Crippen molar-refractivity contribution < 1.29 is 13.2 Å². The van der Waals surface area contributed by atoms with E-state index < -0.39 is 10.0 Å². The molecule has 2 rings (SSSR count). The molecule has 0 amide bonds. The van der Waals surface area contributed by atoms with Crippen LogP contribution in [0.25, 0.3) is 0 Å². The molecule has 1 aliphatic rings. The second-order valence-corrected chi connectivity index (χ2v) is 8.34. The third-order valence-electron chi connectivity index (χ3n) is 3.40. The fourth-order valence-corrected chi connectivity index (χ4v) is 4.57. The van der Waals surface area contributed by atoms with Crippen molar-refractivity contribution in [2.75, 3.05) is 20.2 Å². The second-order valence-electron chi connectivity index (χ2n) is 5.55. The summed E-state index contributed by atoms with van der Waals surface area (Å²) >= 11 is 3.32. The molecule has 0 saturated carbocycles. The van der Waals surface area contributed by atoms with E-state index in [0.717, 1.165) is 6.42 Å². The van der Waals surface area contributed by atoms with Gasteiger partial charge in [0.2, 0.25) is 10.0 Å². The van der Waals surface area contributed by atoms with Gasteiger partial charge in [-0.3, -0.25) is 0 Å². The van der Waals surface area contributed by atoms with Gasteiger partial charge in [0.25, 0.3) is 0 Å². The summed E-state index contributed by atoms with van der Waals surface area (Å²) in [6.45, 7) is 5.33. The minimum absolute atomic E-state index is 0.0524. The molecule has 0 bridgehead atoms. The lowest BCUT2D eigenvalue weighted by Gasteiger charge is -2.20. The van der Waals surface area contributed by atoms with Gasteiger partial charge in [0, 0.05) is 13.1 Å². The lowest BCUT2D eigenvalue weighted by molar-refractivity contribution is 0.375. The largest absolute Gasteiger partial charge is 0.496 e. The molecule has 6 heteroatoms. The third kappa shape index (κ3) is 2.95. The zero-order valence-corrected chi connectivity index (χ0v) is 13.7. The van der Waals surface area contributed by atoms with Crippen molar-refractivity contribution in [2.45, 2.75) is 25.2 Å². The molecule has 1 heterocycles. The van der Waals surface area contributed by atoms with Crippen LogP contribution in [-0.4, -0.2) is 32.9 Å². The predicted octanol–water partition coefficient (Wildman–Crippen LogP) is 2.88. The number of nitrogens with zero attached hydrogens (tertiary/aromatic N) is 1. The third-order valence-corrected chi connectivity index (χ3v) is 5.86. The normalized spacial score (nSPS) is 19.6. The zero-order valence-electron chi connectivity index (χ0n) is 11.3. The molecule has 1 aromatic carbocycles. The molecule has 106 valence electrons. The predicted molar refractivity (Wildman–Crippen MR) is 77.9 cm³/mol. The number of hydrogen-bond donors (Lipinski definition) is 0. The maximum atomic E-state index is 12.5. The van der Waals surface area contributed by atoms with Gasteiger partial charge in [0.15, 0.2) is 0 Å². The number of ether oxygens (including phenoxy) is 1. The molecule has 0 N–H and O–H groups in total. The van der Waals surface area contributed by atoms with Crippen LogP contribution in [0.2, 0.25) is 0 Å². The first-order chi connectivity index (χ1) is 8.76. The standard InChI is InChI=1S/C13H18BrNO3S/c1-13(2)6-7-15(9-13)19(16,17)10-4-5-12(18-3)11(14)8-10/h4-5,8H,6-7,9H2,1-3H3. The van der Waals surface area contributed by atoms with E-state index >= 15 is 0 Å². The highest BCUT2D eigenvalue weighted by Gasteiger charge is 2.36. The van der Waals surface area contributed by atoms with E-state index in [2.05, 4.69) is 29.8 Å². The molecule has 0 radical (unpaired) electrons. The minimum Gasteiger partial charge on any atom is -0.496 e. The Morgan fingerprint density at radius 2 is 2.05 bits per heavy atom. The number of hydrogen-bond acceptors (Lipinski definition) is 3. The zero-order chi connectivity index (χ0) is 14.3. The van der Waals surface area contributed by atoms with Gasteiger partial charge >= 0.3 is 0 Å². The molecule has 0 atom stereocenters. The number of sulfonamides is 1.